The summed E-state index contributed by atoms with van der Waals surface area (Å²) in [6.45, 7) is 1.44. The number of aliphatic carboxylic acids is 2. The molecular formula is C17H14F3N3O6S. The van der Waals surface area contributed by atoms with Crippen LogP contribution in [0.15, 0.2) is 35.2 Å². The summed E-state index contributed by atoms with van der Waals surface area (Å²) in [6, 6.07) is 6.18. The molecule has 0 saturated carbocycles. The predicted octanol–water partition coefficient (Wildman–Crippen LogP) is 2.77. The zero-order valence-electron chi connectivity index (χ0n) is 15.1. The van der Waals surface area contributed by atoms with Gasteiger partial charge < -0.3 is 20.7 Å². The van der Waals surface area contributed by atoms with Gasteiger partial charge in [-0.2, -0.15) is 13.2 Å². The molecule has 0 atom stereocenters. The van der Waals surface area contributed by atoms with Crippen LogP contribution >= 0.6 is 11.3 Å². The van der Waals surface area contributed by atoms with Gasteiger partial charge in [-0.1, -0.05) is 0 Å². The second-order valence-corrected chi connectivity index (χ2v) is 6.22. The van der Waals surface area contributed by atoms with Crippen LogP contribution < -0.4 is 10.5 Å². The van der Waals surface area contributed by atoms with Crippen molar-refractivity contribution in [2.45, 2.75) is 13.1 Å². The molecule has 0 saturated heterocycles. The van der Waals surface area contributed by atoms with E-state index < -0.39 is 24.1 Å². The molecule has 0 fully saturated rings. The van der Waals surface area contributed by atoms with Gasteiger partial charge in [-0.25, -0.2) is 19.4 Å². The van der Waals surface area contributed by atoms with E-state index in [1.807, 2.05) is 0 Å². The van der Waals surface area contributed by atoms with Crippen molar-refractivity contribution < 1.29 is 42.5 Å². The normalized spacial score (nSPS) is 11.1. The van der Waals surface area contributed by atoms with E-state index in [1.54, 1.807) is 12.1 Å². The summed E-state index contributed by atoms with van der Waals surface area (Å²) in [5, 5.41) is 25.1. The molecular weight excluding hydrogens is 431 g/mol. The minimum atomic E-state index is -5.08. The summed E-state index contributed by atoms with van der Waals surface area (Å²) in [6.07, 6.45) is -3.70. The summed E-state index contributed by atoms with van der Waals surface area (Å²) in [5.41, 5.74) is 6.08. The minimum Gasteiger partial charge on any atom is -0.478 e. The largest absolute Gasteiger partial charge is 0.490 e. The number of amidine groups is 1. The molecule has 1 aromatic carbocycles. The number of aromatic nitrogens is 1. The lowest BCUT2D eigenvalue weighted by atomic mass is 10.2. The Morgan fingerprint density at radius 2 is 1.73 bits per heavy atom. The predicted molar refractivity (Wildman–Crippen MR) is 99.5 cm³/mol. The number of hydrogen-bond donors (Lipinski definition) is 4. The molecule has 9 nitrogen and oxygen atoms in total. The number of thiazole rings is 1. The summed E-state index contributed by atoms with van der Waals surface area (Å²) < 4.78 is 36.9. The van der Waals surface area contributed by atoms with Crippen molar-refractivity contribution in [1.29, 1.82) is 5.41 Å². The van der Waals surface area contributed by atoms with Crippen molar-refractivity contribution >= 4 is 41.2 Å². The molecule has 1 heterocycles. The number of benzene rings is 1. The van der Waals surface area contributed by atoms with Crippen LogP contribution in [0.1, 0.15) is 28.0 Å². The zero-order valence-corrected chi connectivity index (χ0v) is 15.9. The highest BCUT2D eigenvalue weighted by molar-refractivity contribution is 7.10. The Hall–Kier alpha value is -3.74. The maximum atomic E-state index is 12.0. The third kappa shape index (κ3) is 7.71. The minimum absolute atomic E-state index is 0.0763. The molecule has 5 N–H and O–H groups in total. The number of carbonyl (C=O) groups is 3. The number of nitrogens with one attached hydrogen (secondary N) is 1. The van der Waals surface area contributed by atoms with E-state index in [0.717, 1.165) is 11.3 Å². The van der Waals surface area contributed by atoms with Gasteiger partial charge in [-0.05, 0) is 37.3 Å². The number of nitrogens with zero attached hydrogens (tertiary/aromatic N) is 1. The third-order valence-corrected chi connectivity index (χ3v) is 3.82. The van der Waals surface area contributed by atoms with Crippen LogP contribution in [-0.2, 0) is 9.59 Å². The molecule has 0 aliphatic heterocycles. The number of nitrogens with two attached hydrogens (primary N) is 1. The van der Waals surface area contributed by atoms with Gasteiger partial charge in [0.1, 0.15) is 16.6 Å². The lowest BCUT2D eigenvalue weighted by Crippen LogP contribution is -2.21. The zero-order chi connectivity index (χ0) is 23.1. The molecule has 0 unspecified atom stereocenters. The van der Waals surface area contributed by atoms with Crippen LogP contribution in [0, 0.1) is 5.41 Å². The van der Waals surface area contributed by atoms with Gasteiger partial charge in [0.2, 0.25) is 0 Å². The highest BCUT2D eigenvalue weighted by Gasteiger charge is 2.38. The van der Waals surface area contributed by atoms with Gasteiger partial charge in [0.25, 0.3) is 0 Å². The molecule has 1 aromatic heterocycles. The molecule has 160 valence electrons. The van der Waals surface area contributed by atoms with E-state index in [-0.39, 0.29) is 17.1 Å². The van der Waals surface area contributed by atoms with Gasteiger partial charge in [0.15, 0.2) is 5.69 Å². The summed E-state index contributed by atoms with van der Waals surface area (Å²) >= 11 is 1.14. The van der Waals surface area contributed by atoms with Gasteiger partial charge in [0, 0.05) is 16.5 Å². The number of carbonyl (C=O) groups excluding carboxylic acids is 1. The number of hydrogen-bond acceptors (Lipinski definition) is 7. The number of alkyl halides is 3. The van der Waals surface area contributed by atoms with E-state index in [0.29, 0.717) is 16.3 Å². The molecule has 0 bridgehead atoms. The monoisotopic (exact) mass is 445 g/mol. The Kier molecular flexibility index (Phi) is 8.23. The molecule has 13 heteroatoms. The quantitative estimate of drug-likeness (QED) is 0.179. The number of ether oxygens (including phenoxy) is 1. The maximum absolute atomic E-state index is 12.0. The summed E-state index contributed by atoms with van der Waals surface area (Å²) in [7, 11) is 0. The average molecular weight is 445 g/mol. The van der Waals surface area contributed by atoms with Crippen molar-refractivity contribution in [2.75, 3.05) is 0 Å². The molecule has 30 heavy (non-hydrogen) atoms. The van der Waals surface area contributed by atoms with E-state index in [2.05, 4.69) is 4.98 Å². The van der Waals surface area contributed by atoms with E-state index in [1.165, 1.54) is 30.5 Å². The molecule has 2 rings (SSSR count). The van der Waals surface area contributed by atoms with Gasteiger partial charge in [-0.15, -0.1) is 11.3 Å². The second kappa shape index (κ2) is 10.2. The number of esters is 1. The van der Waals surface area contributed by atoms with Crippen molar-refractivity contribution in [3.05, 3.63) is 51.5 Å². The van der Waals surface area contributed by atoms with Crippen molar-refractivity contribution in [3.8, 4) is 5.75 Å². The number of carboxylic acid groups (broad SMARTS) is 2. The Labute approximate surface area is 170 Å². The number of halogens is 3. The van der Waals surface area contributed by atoms with Gasteiger partial charge in [0.05, 0.1) is 0 Å². The molecule has 0 aliphatic rings. The van der Waals surface area contributed by atoms with Gasteiger partial charge in [-0.3, -0.25) is 5.41 Å². The Morgan fingerprint density at radius 3 is 2.17 bits per heavy atom. The van der Waals surface area contributed by atoms with E-state index >= 15 is 0 Å². The van der Waals surface area contributed by atoms with Crippen molar-refractivity contribution in [3.63, 3.8) is 0 Å². The topological polar surface area (TPSA) is 164 Å². The summed E-state index contributed by atoms with van der Waals surface area (Å²) in [4.78, 5) is 35.7. The Morgan fingerprint density at radius 1 is 1.20 bits per heavy atom. The second-order valence-electron chi connectivity index (χ2n) is 5.33. The lowest BCUT2D eigenvalue weighted by molar-refractivity contribution is -0.192. The van der Waals surface area contributed by atoms with Crippen molar-refractivity contribution in [2.24, 2.45) is 5.73 Å². The fraction of sp³-hybridized carbons (Fsp3) is 0.118. The number of rotatable bonds is 5. The van der Waals surface area contributed by atoms with Gasteiger partial charge >= 0.3 is 24.1 Å². The van der Waals surface area contributed by atoms with E-state index in [9.17, 15) is 22.8 Å². The molecule has 0 radical (unpaired) electrons. The van der Waals surface area contributed by atoms with Crippen LogP contribution in [0.3, 0.4) is 0 Å². The fourth-order valence-corrected chi connectivity index (χ4v) is 2.33. The molecule has 0 aliphatic carbocycles. The van der Waals surface area contributed by atoms with Crippen LogP contribution in [0.5, 0.6) is 5.75 Å². The maximum Gasteiger partial charge on any atom is 0.490 e. The highest BCUT2D eigenvalue weighted by atomic mass is 32.1. The molecule has 2 aromatic rings. The SMILES string of the molecule is C/C(=C\c1nc(C(=O)Oc2ccc(C(=N)N)cc2)cs1)C(=O)O.O=C(O)C(F)(F)F. The van der Waals surface area contributed by atoms with E-state index in [4.69, 9.17) is 30.9 Å². The number of nitrogen functional groups attached to an aromatic ring is 1. The average Bonchev–Trinajstić information content (AvgIpc) is 3.10. The van der Waals surface area contributed by atoms with Crippen LogP contribution in [0.4, 0.5) is 13.2 Å². The Bertz CT molecular complexity index is 983. The fourth-order valence-electron chi connectivity index (χ4n) is 1.56. The lowest BCUT2D eigenvalue weighted by Gasteiger charge is -2.03. The first kappa shape index (κ1) is 24.3. The summed E-state index contributed by atoms with van der Waals surface area (Å²) in [5.74, 6) is -4.23. The van der Waals surface area contributed by atoms with Crippen LogP contribution in [-0.4, -0.2) is 45.1 Å². The highest BCUT2D eigenvalue weighted by Crippen LogP contribution is 2.17. The standard InChI is InChI=1S/C15H13N3O4S.C2HF3O2/c1-8(14(19)20)6-12-18-11(7-23-12)15(21)22-10-4-2-9(3-5-10)13(16)17;3-2(4,5)1(6)7/h2-7H,1H3,(H3,16,17)(H,19,20);(H,6,7)/b8-6+;. The first-order valence-corrected chi connectivity index (χ1v) is 8.53. The molecule has 0 spiro atoms. The third-order valence-electron chi connectivity index (χ3n) is 3.03. The first-order valence-electron chi connectivity index (χ1n) is 7.65. The van der Waals surface area contributed by atoms with Crippen LogP contribution in [0.25, 0.3) is 6.08 Å². The first-order chi connectivity index (χ1) is 13.8. The number of carboxylic acids is 2. The smallest absolute Gasteiger partial charge is 0.478 e. The molecule has 0 amide bonds. The van der Waals surface area contributed by atoms with Crippen LogP contribution in [0.2, 0.25) is 0 Å². The Balaban J connectivity index is 0.000000553. The van der Waals surface area contributed by atoms with Crippen molar-refractivity contribution in [1.82, 2.24) is 4.98 Å².